The summed E-state index contributed by atoms with van der Waals surface area (Å²) in [4.78, 5) is 7.29. The summed E-state index contributed by atoms with van der Waals surface area (Å²) in [7, 11) is 0. The van der Waals surface area contributed by atoms with Crippen LogP contribution in [0, 0.1) is 30.2 Å². The van der Waals surface area contributed by atoms with Crippen LogP contribution in [0.1, 0.15) is 23.2 Å². The molecule has 0 aliphatic rings. The second-order valence-corrected chi connectivity index (χ2v) is 5.18. The predicted octanol–water partition coefficient (Wildman–Crippen LogP) is 2.89. The number of aliphatic hydroxyl groups excluding tert-OH is 1. The molecule has 0 bridgehead atoms. The molecule has 3 rings (SSSR count). The Labute approximate surface area is 138 Å². The molecule has 0 aliphatic heterocycles. The standard InChI is InChI=1S/C15H11F4N5O/c1-6-2-11(24-23-6)21-14-10(18)5-20-15(22-14)13(25)8-3-7(16)4-9(17)12(8)19/h2-5,13,25H,1H3,(H2,20,21,22,23,24). The van der Waals surface area contributed by atoms with Crippen molar-refractivity contribution in [3.8, 4) is 0 Å². The van der Waals surface area contributed by atoms with E-state index in [0.717, 1.165) is 6.20 Å². The van der Waals surface area contributed by atoms with Crippen LogP contribution in [0.4, 0.5) is 29.2 Å². The molecule has 0 saturated heterocycles. The number of rotatable bonds is 4. The van der Waals surface area contributed by atoms with Crippen molar-refractivity contribution in [1.29, 1.82) is 0 Å². The first-order valence-corrected chi connectivity index (χ1v) is 6.99. The third kappa shape index (κ3) is 3.43. The molecule has 2 heterocycles. The molecule has 130 valence electrons. The zero-order valence-corrected chi connectivity index (χ0v) is 12.7. The highest BCUT2D eigenvalue weighted by molar-refractivity contribution is 5.52. The number of hydrogen-bond acceptors (Lipinski definition) is 5. The first-order chi connectivity index (χ1) is 11.8. The maximum atomic E-state index is 13.8. The molecular formula is C15H11F4N5O. The van der Waals surface area contributed by atoms with Gasteiger partial charge in [-0.15, -0.1) is 0 Å². The quantitative estimate of drug-likeness (QED) is 0.496. The number of benzene rings is 1. The number of aromatic amines is 1. The zero-order valence-electron chi connectivity index (χ0n) is 12.7. The molecule has 3 N–H and O–H groups in total. The smallest absolute Gasteiger partial charge is 0.184 e. The van der Waals surface area contributed by atoms with Crippen molar-refractivity contribution in [2.45, 2.75) is 13.0 Å². The van der Waals surface area contributed by atoms with Gasteiger partial charge in [0, 0.05) is 23.4 Å². The highest BCUT2D eigenvalue weighted by atomic mass is 19.2. The molecule has 1 aromatic carbocycles. The van der Waals surface area contributed by atoms with E-state index in [1.807, 2.05) is 0 Å². The fraction of sp³-hybridized carbons (Fsp3) is 0.133. The second kappa shape index (κ2) is 6.48. The number of anilines is 2. The number of nitrogens with zero attached hydrogens (tertiary/aromatic N) is 3. The monoisotopic (exact) mass is 353 g/mol. The molecule has 0 aliphatic carbocycles. The lowest BCUT2D eigenvalue weighted by atomic mass is 10.1. The molecule has 2 aromatic heterocycles. The minimum absolute atomic E-state index is 0.249. The van der Waals surface area contributed by atoms with E-state index in [1.165, 1.54) is 0 Å². The molecule has 1 atom stereocenters. The minimum atomic E-state index is -1.90. The van der Waals surface area contributed by atoms with Gasteiger partial charge < -0.3 is 10.4 Å². The van der Waals surface area contributed by atoms with E-state index in [-0.39, 0.29) is 11.6 Å². The third-order valence-electron chi connectivity index (χ3n) is 3.28. The van der Waals surface area contributed by atoms with Crippen LogP contribution < -0.4 is 5.32 Å². The number of nitrogens with one attached hydrogen (secondary N) is 2. The molecule has 3 aromatic rings. The van der Waals surface area contributed by atoms with Crippen molar-refractivity contribution in [3.05, 3.63) is 64.7 Å². The lowest BCUT2D eigenvalue weighted by molar-refractivity contribution is 0.202. The summed E-state index contributed by atoms with van der Waals surface area (Å²) in [6.07, 6.45) is -1.16. The molecule has 0 spiro atoms. The zero-order chi connectivity index (χ0) is 18.1. The Morgan fingerprint density at radius 2 is 1.88 bits per heavy atom. The summed E-state index contributed by atoms with van der Waals surface area (Å²) in [6, 6.07) is 2.52. The Hall–Kier alpha value is -3.01. The topological polar surface area (TPSA) is 86.7 Å². The summed E-state index contributed by atoms with van der Waals surface area (Å²) in [6.45, 7) is 1.73. The fourth-order valence-corrected chi connectivity index (χ4v) is 2.12. The van der Waals surface area contributed by atoms with Gasteiger partial charge in [0.05, 0.1) is 6.20 Å². The summed E-state index contributed by atoms with van der Waals surface area (Å²) in [5.74, 6) is -5.39. The Kier molecular flexibility index (Phi) is 4.36. The van der Waals surface area contributed by atoms with Crippen LogP contribution in [0.3, 0.4) is 0 Å². The lowest BCUT2D eigenvalue weighted by Gasteiger charge is -2.13. The van der Waals surface area contributed by atoms with Gasteiger partial charge in [-0.2, -0.15) is 5.10 Å². The van der Waals surface area contributed by atoms with Crippen molar-refractivity contribution in [2.24, 2.45) is 0 Å². The molecule has 6 nitrogen and oxygen atoms in total. The largest absolute Gasteiger partial charge is 0.380 e. The van der Waals surface area contributed by atoms with Crippen LogP contribution in [-0.4, -0.2) is 25.3 Å². The number of hydrogen-bond donors (Lipinski definition) is 3. The summed E-state index contributed by atoms with van der Waals surface area (Å²) in [5, 5.41) is 19.2. The van der Waals surface area contributed by atoms with Crippen LogP contribution in [0.2, 0.25) is 0 Å². The van der Waals surface area contributed by atoms with Gasteiger partial charge in [0.15, 0.2) is 34.9 Å². The van der Waals surface area contributed by atoms with E-state index in [1.54, 1.807) is 13.0 Å². The van der Waals surface area contributed by atoms with E-state index in [9.17, 15) is 22.7 Å². The highest BCUT2D eigenvalue weighted by Gasteiger charge is 2.23. The van der Waals surface area contributed by atoms with Crippen LogP contribution >= 0.6 is 0 Å². The lowest BCUT2D eigenvalue weighted by Crippen LogP contribution is -2.11. The van der Waals surface area contributed by atoms with Gasteiger partial charge >= 0.3 is 0 Å². The maximum absolute atomic E-state index is 13.8. The number of aryl methyl sites for hydroxylation is 1. The maximum Gasteiger partial charge on any atom is 0.184 e. The molecule has 1 unspecified atom stereocenters. The Balaban J connectivity index is 1.96. The van der Waals surface area contributed by atoms with E-state index >= 15 is 0 Å². The molecule has 0 fully saturated rings. The fourth-order valence-electron chi connectivity index (χ4n) is 2.12. The van der Waals surface area contributed by atoms with Crippen molar-refractivity contribution in [1.82, 2.24) is 20.2 Å². The van der Waals surface area contributed by atoms with Crippen molar-refractivity contribution in [3.63, 3.8) is 0 Å². The van der Waals surface area contributed by atoms with E-state index in [4.69, 9.17) is 0 Å². The summed E-state index contributed by atoms with van der Waals surface area (Å²) >= 11 is 0. The first kappa shape index (κ1) is 16.8. The van der Waals surface area contributed by atoms with E-state index < -0.39 is 40.8 Å². The van der Waals surface area contributed by atoms with Crippen LogP contribution in [0.5, 0.6) is 0 Å². The van der Waals surface area contributed by atoms with Gasteiger partial charge in [-0.3, -0.25) is 5.10 Å². The normalized spacial score (nSPS) is 12.2. The molecule has 0 saturated carbocycles. The van der Waals surface area contributed by atoms with E-state index in [2.05, 4.69) is 25.5 Å². The van der Waals surface area contributed by atoms with Crippen molar-refractivity contribution >= 4 is 11.6 Å². The number of aliphatic hydroxyl groups is 1. The van der Waals surface area contributed by atoms with Crippen molar-refractivity contribution < 1.29 is 22.7 Å². The summed E-state index contributed by atoms with van der Waals surface area (Å²) < 4.78 is 54.2. The van der Waals surface area contributed by atoms with Gasteiger partial charge in [-0.05, 0) is 13.0 Å². The molecule has 25 heavy (non-hydrogen) atoms. The SMILES string of the molecule is Cc1cc(Nc2nc(C(O)c3cc(F)cc(F)c3F)ncc2F)n[nH]1. The van der Waals surface area contributed by atoms with Gasteiger partial charge in [-0.1, -0.05) is 0 Å². The number of H-pyrrole nitrogens is 1. The minimum Gasteiger partial charge on any atom is -0.380 e. The van der Waals surface area contributed by atoms with Gasteiger partial charge in [-0.25, -0.2) is 27.5 Å². The molecule has 0 radical (unpaired) electrons. The average Bonchev–Trinajstić information content (AvgIpc) is 2.97. The van der Waals surface area contributed by atoms with Gasteiger partial charge in [0.1, 0.15) is 11.9 Å². The second-order valence-electron chi connectivity index (χ2n) is 5.18. The van der Waals surface area contributed by atoms with E-state index in [0.29, 0.717) is 17.8 Å². The average molecular weight is 353 g/mol. The number of aromatic nitrogens is 4. The highest BCUT2D eigenvalue weighted by Crippen LogP contribution is 2.26. The number of halogens is 4. The van der Waals surface area contributed by atoms with Crippen LogP contribution in [-0.2, 0) is 0 Å². The van der Waals surface area contributed by atoms with Crippen molar-refractivity contribution in [2.75, 3.05) is 5.32 Å². The summed E-state index contributed by atoms with van der Waals surface area (Å²) in [5.41, 5.74) is 0.000187. The van der Waals surface area contributed by atoms with Crippen LogP contribution in [0.25, 0.3) is 0 Å². The predicted molar refractivity (Wildman–Crippen MR) is 79.0 cm³/mol. The Bertz CT molecular complexity index is 930. The molecule has 10 heteroatoms. The van der Waals surface area contributed by atoms with Gasteiger partial charge in [0.2, 0.25) is 0 Å². The van der Waals surface area contributed by atoms with Crippen LogP contribution in [0.15, 0.2) is 24.4 Å². The molecule has 0 amide bonds. The Morgan fingerprint density at radius 1 is 1.12 bits per heavy atom. The first-order valence-electron chi connectivity index (χ1n) is 6.99. The Morgan fingerprint density at radius 3 is 2.56 bits per heavy atom. The third-order valence-corrected chi connectivity index (χ3v) is 3.28. The van der Waals surface area contributed by atoms with Gasteiger partial charge in [0.25, 0.3) is 0 Å². The molecular weight excluding hydrogens is 342 g/mol.